The van der Waals surface area contributed by atoms with Crippen LogP contribution in [0, 0.1) is 24.0 Å². The van der Waals surface area contributed by atoms with Crippen LogP contribution in [-0.4, -0.2) is 14.5 Å². The second-order valence-electron chi connectivity index (χ2n) is 5.23. The van der Waals surface area contributed by atoms with Crippen molar-refractivity contribution < 1.29 is 18.1 Å². The highest BCUT2D eigenvalue weighted by Crippen LogP contribution is 2.39. The molecule has 0 radical (unpaired) electrons. The van der Waals surface area contributed by atoms with Gasteiger partial charge in [0, 0.05) is 29.6 Å². The Bertz CT molecular complexity index is 956. The zero-order valence-electron chi connectivity index (χ0n) is 13.5. The van der Waals surface area contributed by atoms with Gasteiger partial charge in [-0.1, -0.05) is 6.58 Å². The summed E-state index contributed by atoms with van der Waals surface area (Å²) in [5.41, 5.74) is -3.28. The highest BCUT2D eigenvalue weighted by Gasteiger charge is 2.39. The van der Waals surface area contributed by atoms with E-state index < -0.39 is 28.0 Å². The van der Waals surface area contributed by atoms with Crippen LogP contribution in [0.15, 0.2) is 29.8 Å². The fraction of sp³-hybridized carbons (Fsp3) is 0.200. The van der Waals surface area contributed by atoms with Crippen LogP contribution < -0.4 is 9.98 Å². The van der Waals surface area contributed by atoms with E-state index in [0.29, 0.717) is 10.7 Å². The molecule has 0 atom stereocenters. The first kappa shape index (κ1) is 19.4. The normalized spacial score (nSPS) is 11.3. The average molecular weight is 389 g/mol. The quantitative estimate of drug-likeness (QED) is 0.446. The second-order valence-corrected chi connectivity index (χ2v) is 5.56. The molecular weight excluding hydrogens is 377 g/mol. The molecule has 138 valence electrons. The lowest BCUT2D eigenvalue weighted by Gasteiger charge is -2.22. The summed E-state index contributed by atoms with van der Waals surface area (Å²) in [6.45, 7) is 6.20. The Morgan fingerprint density at radius 1 is 1.35 bits per heavy atom. The minimum Gasteiger partial charge on any atom is -0.273 e. The molecule has 0 aliphatic rings. The van der Waals surface area contributed by atoms with Crippen LogP contribution in [0.3, 0.4) is 0 Å². The minimum atomic E-state index is -4.94. The number of hydrogen-bond acceptors (Lipinski definition) is 5. The first-order chi connectivity index (χ1) is 12.0. The first-order valence-electron chi connectivity index (χ1n) is 7.02. The number of alkyl halides is 3. The number of benzene rings is 1. The van der Waals surface area contributed by atoms with Crippen LogP contribution in [-0.2, 0) is 6.18 Å². The summed E-state index contributed by atoms with van der Waals surface area (Å²) in [4.78, 5) is 26.0. The summed E-state index contributed by atoms with van der Waals surface area (Å²) in [6.07, 6.45) is -3.27. The summed E-state index contributed by atoms with van der Waals surface area (Å²) in [7, 11) is 0. The van der Waals surface area contributed by atoms with Gasteiger partial charge in [0.25, 0.3) is 11.2 Å². The average Bonchev–Trinajstić information content (AvgIpc) is 2.55. The molecule has 0 aliphatic carbocycles. The van der Waals surface area contributed by atoms with Crippen molar-refractivity contribution in [3.05, 3.63) is 62.3 Å². The van der Waals surface area contributed by atoms with E-state index in [4.69, 9.17) is 11.8 Å². The molecule has 0 bridgehead atoms. The molecule has 1 aromatic carbocycles. The second kappa shape index (κ2) is 6.79. The summed E-state index contributed by atoms with van der Waals surface area (Å²) < 4.78 is 41.1. The van der Waals surface area contributed by atoms with Crippen LogP contribution in [0.4, 0.5) is 30.2 Å². The molecule has 26 heavy (non-hydrogen) atoms. The van der Waals surface area contributed by atoms with Crippen molar-refractivity contribution in [2.24, 2.45) is 0 Å². The van der Waals surface area contributed by atoms with Crippen LogP contribution in [0.5, 0.6) is 0 Å². The molecule has 11 heteroatoms. The maximum Gasteiger partial charge on any atom is 0.435 e. The highest BCUT2D eigenvalue weighted by atomic mass is 35.5. The van der Waals surface area contributed by atoms with Crippen molar-refractivity contribution in [2.75, 3.05) is 4.42 Å². The van der Waals surface area contributed by atoms with Crippen molar-refractivity contribution in [2.45, 2.75) is 20.0 Å². The minimum absolute atomic E-state index is 0.0130. The van der Waals surface area contributed by atoms with Crippen LogP contribution in [0.2, 0.25) is 0 Å². The lowest BCUT2D eigenvalue weighted by molar-refractivity contribution is -0.385. The van der Waals surface area contributed by atoms with Gasteiger partial charge in [-0.2, -0.15) is 13.2 Å². The molecule has 7 nitrogen and oxygen atoms in total. The van der Waals surface area contributed by atoms with Gasteiger partial charge in [-0.05, 0) is 25.5 Å². The van der Waals surface area contributed by atoms with Gasteiger partial charge in [-0.25, -0.2) is 9.40 Å². The molecule has 0 aliphatic heterocycles. The van der Waals surface area contributed by atoms with Gasteiger partial charge in [-0.3, -0.25) is 19.5 Å². The van der Waals surface area contributed by atoms with Crippen LogP contribution in [0.25, 0.3) is 6.20 Å². The Kier molecular flexibility index (Phi) is 5.08. The molecule has 1 heterocycles. The Morgan fingerprint density at radius 2 is 1.96 bits per heavy atom. The molecule has 2 aromatic rings. The first-order valence-corrected chi connectivity index (χ1v) is 7.35. The maximum atomic E-state index is 13.3. The van der Waals surface area contributed by atoms with Crippen molar-refractivity contribution in [3.63, 3.8) is 0 Å². The lowest BCUT2D eigenvalue weighted by atomic mass is 10.1. The standard InChI is InChI=1S/C15H12ClF3N4O3/c1-4-21-7-20-13(15(17,18)19)12(14(21)24)22(16)10-5-6-11(23(25)26)9(3)8(10)2/h4-7H,1H2,2-3H3. The van der Waals surface area contributed by atoms with E-state index in [9.17, 15) is 28.1 Å². The molecule has 0 spiro atoms. The number of hydrogen-bond donors (Lipinski definition) is 0. The number of rotatable bonds is 4. The zero-order valence-corrected chi connectivity index (χ0v) is 14.3. The summed E-state index contributed by atoms with van der Waals surface area (Å²) in [5.74, 6) is 0. The third-order valence-corrected chi connectivity index (χ3v) is 4.12. The van der Waals surface area contributed by atoms with Crippen LogP contribution in [0.1, 0.15) is 16.8 Å². The van der Waals surface area contributed by atoms with Crippen molar-refractivity contribution >= 4 is 35.0 Å². The zero-order chi connectivity index (χ0) is 19.8. The van der Waals surface area contributed by atoms with Crippen LogP contribution >= 0.6 is 11.8 Å². The lowest BCUT2D eigenvalue weighted by Crippen LogP contribution is -2.28. The molecule has 0 fully saturated rings. The molecule has 0 amide bonds. The molecule has 1 aromatic heterocycles. The van der Waals surface area contributed by atoms with Gasteiger partial charge >= 0.3 is 6.18 Å². The van der Waals surface area contributed by atoms with Gasteiger partial charge in [0.05, 0.1) is 10.6 Å². The van der Waals surface area contributed by atoms with E-state index >= 15 is 0 Å². The number of halogens is 4. The summed E-state index contributed by atoms with van der Waals surface area (Å²) >= 11 is 6.06. The summed E-state index contributed by atoms with van der Waals surface area (Å²) in [6, 6.07) is 2.26. The van der Waals surface area contributed by atoms with Crippen molar-refractivity contribution in [1.29, 1.82) is 0 Å². The van der Waals surface area contributed by atoms with E-state index in [1.165, 1.54) is 13.8 Å². The third-order valence-electron chi connectivity index (χ3n) is 3.77. The van der Waals surface area contributed by atoms with Gasteiger partial charge in [0.1, 0.15) is 6.33 Å². The van der Waals surface area contributed by atoms with Gasteiger partial charge < -0.3 is 0 Å². The van der Waals surface area contributed by atoms with Gasteiger partial charge in [-0.15, -0.1) is 0 Å². The Balaban J connectivity index is 2.77. The van der Waals surface area contributed by atoms with Gasteiger partial charge in [0.15, 0.2) is 11.4 Å². The third kappa shape index (κ3) is 3.27. The van der Waals surface area contributed by atoms with E-state index in [1.807, 2.05) is 0 Å². The number of nitro groups is 1. The molecule has 0 unspecified atom stereocenters. The Labute approximate surface area is 150 Å². The number of nitro benzene ring substituents is 1. The predicted molar refractivity (Wildman–Crippen MR) is 90.4 cm³/mol. The van der Waals surface area contributed by atoms with Gasteiger partial charge in [0.2, 0.25) is 0 Å². The monoisotopic (exact) mass is 388 g/mol. The molecular formula is C15H12ClF3N4O3. The highest BCUT2D eigenvalue weighted by molar-refractivity contribution is 6.29. The smallest absolute Gasteiger partial charge is 0.273 e. The van der Waals surface area contributed by atoms with E-state index in [1.54, 1.807) is 0 Å². The maximum absolute atomic E-state index is 13.3. The Hall–Kier alpha value is -2.88. The largest absolute Gasteiger partial charge is 0.435 e. The number of aromatic nitrogens is 2. The molecule has 2 rings (SSSR count). The van der Waals surface area contributed by atoms with E-state index in [-0.39, 0.29) is 22.5 Å². The summed E-state index contributed by atoms with van der Waals surface area (Å²) in [5, 5.41) is 11.0. The topological polar surface area (TPSA) is 81.3 Å². The molecule has 0 saturated carbocycles. The fourth-order valence-corrected chi connectivity index (χ4v) is 2.63. The number of nitrogens with zero attached hydrogens (tertiary/aromatic N) is 4. The fourth-order valence-electron chi connectivity index (χ4n) is 2.29. The van der Waals surface area contributed by atoms with Crippen molar-refractivity contribution in [1.82, 2.24) is 9.55 Å². The SMILES string of the molecule is C=Cn1cnc(C(F)(F)F)c(N(Cl)c2ccc([N+](=O)[O-])c(C)c2C)c1=O. The Morgan fingerprint density at radius 3 is 2.46 bits per heavy atom. The number of anilines is 2. The predicted octanol–water partition coefficient (Wildman–Crippen LogP) is 4.18. The van der Waals surface area contributed by atoms with Crippen molar-refractivity contribution in [3.8, 4) is 0 Å². The molecule has 0 saturated heterocycles. The molecule has 0 N–H and O–H groups in total. The van der Waals surface area contributed by atoms with E-state index in [0.717, 1.165) is 22.9 Å². The van der Waals surface area contributed by atoms with E-state index in [2.05, 4.69) is 11.6 Å².